The van der Waals surface area contributed by atoms with Crippen molar-refractivity contribution in [1.29, 1.82) is 0 Å². The van der Waals surface area contributed by atoms with E-state index in [1.165, 1.54) is 0 Å². The number of alkyl halides is 4. The molecular weight excluding hydrogens is 248 g/mol. The van der Waals surface area contributed by atoms with Crippen molar-refractivity contribution in [2.24, 2.45) is 0 Å². The Kier molecular flexibility index (Phi) is 3.49. The molecule has 0 aliphatic rings. The maximum Gasteiger partial charge on any atom is 0.573 e. The SMILES string of the molecule is Cc1cc(CF)nc([N+](=O)[O-])c1OC(F)(F)F. The number of pyridine rings is 1. The summed E-state index contributed by atoms with van der Waals surface area (Å²) < 4.78 is 51.8. The molecule has 17 heavy (non-hydrogen) atoms. The molecule has 0 fully saturated rings. The zero-order chi connectivity index (χ0) is 13.2. The zero-order valence-electron chi connectivity index (χ0n) is 8.42. The molecule has 1 aromatic rings. The van der Waals surface area contributed by atoms with Gasteiger partial charge in [0.1, 0.15) is 0 Å². The van der Waals surface area contributed by atoms with Gasteiger partial charge < -0.3 is 14.9 Å². The van der Waals surface area contributed by atoms with Gasteiger partial charge in [0.2, 0.25) is 5.75 Å². The molecule has 0 radical (unpaired) electrons. The summed E-state index contributed by atoms with van der Waals surface area (Å²) in [5.41, 5.74) is -0.541. The van der Waals surface area contributed by atoms with Crippen LogP contribution in [0, 0.1) is 17.0 Å². The normalized spacial score (nSPS) is 11.4. The van der Waals surface area contributed by atoms with Gasteiger partial charge in [-0.1, -0.05) is 0 Å². The van der Waals surface area contributed by atoms with Crippen LogP contribution < -0.4 is 4.74 Å². The summed E-state index contributed by atoms with van der Waals surface area (Å²) in [6.45, 7) is 0.0168. The van der Waals surface area contributed by atoms with Crippen molar-refractivity contribution in [3.63, 3.8) is 0 Å². The van der Waals surface area contributed by atoms with E-state index in [0.717, 1.165) is 13.0 Å². The van der Waals surface area contributed by atoms with Crippen molar-refractivity contribution in [3.05, 3.63) is 27.4 Å². The van der Waals surface area contributed by atoms with Crippen molar-refractivity contribution in [3.8, 4) is 5.75 Å². The molecule has 94 valence electrons. The van der Waals surface area contributed by atoms with E-state index < -0.39 is 29.5 Å². The summed E-state index contributed by atoms with van der Waals surface area (Å²) >= 11 is 0. The number of hydrogen-bond acceptors (Lipinski definition) is 4. The van der Waals surface area contributed by atoms with Crippen molar-refractivity contribution < 1.29 is 27.2 Å². The Morgan fingerprint density at radius 3 is 2.53 bits per heavy atom. The molecule has 1 aromatic heterocycles. The third-order valence-corrected chi connectivity index (χ3v) is 1.72. The van der Waals surface area contributed by atoms with Crippen LogP contribution in [0.5, 0.6) is 5.75 Å². The average molecular weight is 254 g/mol. The monoisotopic (exact) mass is 254 g/mol. The van der Waals surface area contributed by atoms with E-state index in [1.54, 1.807) is 0 Å². The molecule has 0 aliphatic heterocycles. The Morgan fingerprint density at radius 2 is 2.12 bits per heavy atom. The van der Waals surface area contributed by atoms with E-state index in [2.05, 4.69) is 9.72 Å². The Morgan fingerprint density at radius 1 is 1.53 bits per heavy atom. The number of aromatic nitrogens is 1. The molecule has 0 atom stereocenters. The smallest absolute Gasteiger partial charge is 0.396 e. The molecule has 0 aromatic carbocycles. The molecule has 0 saturated carbocycles. The first-order valence-corrected chi connectivity index (χ1v) is 4.21. The lowest BCUT2D eigenvalue weighted by molar-refractivity contribution is -0.393. The average Bonchev–Trinajstić information content (AvgIpc) is 2.18. The van der Waals surface area contributed by atoms with E-state index in [9.17, 15) is 27.7 Å². The number of nitrogens with zero attached hydrogens (tertiary/aromatic N) is 2. The van der Waals surface area contributed by atoms with Gasteiger partial charge in [-0.15, -0.1) is 13.2 Å². The maximum atomic E-state index is 12.3. The minimum Gasteiger partial charge on any atom is -0.396 e. The minimum absolute atomic E-state index is 0.211. The van der Waals surface area contributed by atoms with Crippen LogP contribution in [0.2, 0.25) is 0 Å². The maximum absolute atomic E-state index is 12.3. The summed E-state index contributed by atoms with van der Waals surface area (Å²) in [4.78, 5) is 12.5. The number of aryl methyl sites for hydroxylation is 1. The molecule has 0 N–H and O–H groups in total. The van der Waals surface area contributed by atoms with Crippen LogP contribution in [0.1, 0.15) is 11.3 Å². The van der Waals surface area contributed by atoms with Crippen LogP contribution in [0.15, 0.2) is 6.07 Å². The van der Waals surface area contributed by atoms with Crippen LogP contribution in [-0.4, -0.2) is 16.3 Å². The molecule has 0 bridgehead atoms. The highest BCUT2D eigenvalue weighted by atomic mass is 19.4. The zero-order valence-corrected chi connectivity index (χ0v) is 8.42. The lowest BCUT2D eigenvalue weighted by atomic mass is 10.2. The number of nitro groups is 1. The second-order valence-electron chi connectivity index (χ2n) is 3.02. The third-order valence-electron chi connectivity index (χ3n) is 1.72. The highest BCUT2D eigenvalue weighted by Crippen LogP contribution is 2.34. The van der Waals surface area contributed by atoms with Crippen LogP contribution in [0.4, 0.5) is 23.4 Å². The summed E-state index contributed by atoms with van der Waals surface area (Å²) in [6.07, 6.45) is -5.07. The summed E-state index contributed by atoms with van der Waals surface area (Å²) in [7, 11) is 0. The third kappa shape index (κ3) is 3.26. The Labute approximate surface area is 92.2 Å². The molecule has 1 rings (SSSR count). The first-order valence-electron chi connectivity index (χ1n) is 4.21. The largest absolute Gasteiger partial charge is 0.573 e. The van der Waals surface area contributed by atoms with Gasteiger partial charge in [-0.3, -0.25) is 0 Å². The number of ether oxygens (including phenoxy) is 1. The van der Waals surface area contributed by atoms with E-state index in [-0.39, 0.29) is 11.3 Å². The summed E-state index contributed by atoms with van der Waals surface area (Å²) in [6, 6.07) is 0.952. The summed E-state index contributed by atoms with van der Waals surface area (Å²) in [5, 5.41) is 10.5. The van der Waals surface area contributed by atoms with Crippen molar-refractivity contribution in [2.45, 2.75) is 20.0 Å². The van der Waals surface area contributed by atoms with Crippen molar-refractivity contribution >= 4 is 5.82 Å². The van der Waals surface area contributed by atoms with Crippen molar-refractivity contribution in [1.82, 2.24) is 4.98 Å². The second kappa shape index (κ2) is 4.52. The van der Waals surface area contributed by atoms with Gasteiger partial charge in [-0.2, -0.15) is 0 Å². The Balaban J connectivity index is 3.32. The van der Waals surface area contributed by atoms with Crippen LogP contribution in [-0.2, 0) is 6.67 Å². The first-order chi connectivity index (χ1) is 7.74. The van der Waals surface area contributed by atoms with Gasteiger partial charge in [0.05, 0.1) is 0 Å². The van der Waals surface area contributed by atoms with Gasteiger partial charge in [0, 0.05) is 5.56 Å². The molecule has 0 unspecified atom stereocenters. The molecule has 9 heteroatoms. The van der Waals surface area contributed by atoms with Gasteiger partial charge in [-0.05, 0) is 22.9 Å². The predicted molar refractivity (Wildman–Crippen MR) is 47.1 cm³/mol. The molecule has 0 saturated heterocycles. The lowest BCUT2D eigenvalue weighted by Gasteiger charge is -2.11. The number of halogens is 4. The van der Waals surface area contributed by atoms with Crippen molar-refractivity contribution in [2.75, 3.05) is 0 Å². The van der Waals surface area contributed by atoms with Gasteiger partial charge in [0.25, 0.3) is 0 Å². The molecular formula is C8H6F4N2O3. The van der Waals surface area contributed by atoms with Crippen LogP contribution >= 0.6 is 0 Å². The van der Waals surface area contributed by atoms with E-state index in [0.29, 0.717) is 0 Å². The number of rotatable bonds is 3. The fraction of sp³-hybridized carbons (Fsp3) is 0.375. The Hall–Kier alpha value is -1.93. The highest BCUT2D eigenvalue weighted by molar-refractivity contribution is 5.47. The van der Waals surface area contributed by atoms with Gasteiger partial charge in [-0.25, -0.2) is 4.39 Å². The molecule has 0 aliphatic carbocycles. The molecule has 0 spiro atoms. The fourth-order valence-corrected chi connectivity index (χ4v) is 1.14. The van der Waals surface area contributed by atoms with Gasteiger partial charge >= 0.3 is 12.2 Å². The molecule has 5 nitrogen and oxygen atoms in total. The highest BCUT2D eigenvalue weighted by Gasteiger charge is 2.36. The molecule has 0 amide bonds. The first kappa shape index (κ1) is 13.1. The van der Waals surface area contributed by atoms with E-state index in [1.807, 2.05) is 0 Å². The Bertz CT molecular complexity index is 447. The quantitative estimate of drug-likeness (QED) is 0.472. The second-order valence-corrected chi connectivity index (χ2v) is 3.02. The van der Waals surface area contributed by atoms with E-state index in [4.69, 9.17) is 0 Å². The van der Waals surface area contributed by atoms with Crippen LogP contribution in [0.3, 0.4) is 0 Å². The topological polar surface area (TPSA) is 65.3 Å². The van der Waals surface area contributed by atoms with Gasteiger partial charge in [0.15, 0.2) is 12.4 Å². The lowest BCUT2D eigenvalue weighted by Crippen LogP contribution is -2.19. The van der Waals surface area contributed by atoms with E-state index >= 15 is 0 Å². The van der Waals surface area contributed by atoms with Crippen LogP contribution in [0.25, 0.3) is 0 Å². The molecule has 1 heterocycles. The fourth-order valence-electron chi connectivity index (χ4n) is 1.14. The standard InChI is InChI=1S/C8H6F4N2O3/c1-4-2-5(3-9)13-7(14(15)16)6(4)17-8(10,11)12/h2H,3H2,1H3. The summed E-state index contributed by atoms with van der Waals surface area (Å²) in [5.74, 6) is -2.19. The minimum atomic E-state index is -5.07. The number of hydrogen-bond donors (Lipinski definition) is 0. The predicted octanol–water partition coefficient (Wildman–Crippen LogP) is 2.67.